The highest BCUT2D eigenvalue weighted by atomic mass is 127. The zero-order valence-electron chi connectivity index (χ0n) is 12.5. The molecule has 2 rings (SSSR count). The molecule has 0 bridgehead atoms. The first-order valence-electron chi connectivity index (χ1n) is 6.95. The predicted octanol–water partition coefficient (Wildman–Crippen LogP) is 5.03. The predicted molar refractivity (Wildman–Crippen MR) is 90.6 cm³/mol. The molecule has 0 aliphatic rings. The Kier molecular flexibility index (Phi) is 5.99. The molecule has 2 aromatic carbocycles. The molecule has 2 aromatic rings. The third-order valence-corrected chi connectivity index (χ3v) is 3.95. The van der Waals surface area contributed by atoms with Crippen molar-refractivity contribution in [1.29, 1.82) is 0 Å². The number of benzene rings is 2. The molecule has 5 heteroatoms. The van der Waals surface area contributed by atoms with Gasteiger partial charge >= 0.3 is 0 Å². The highest BCUT2D eigenvalue weighted by Gasteiger charge is 2.07. The van der Waals surface area contributed by atoms with Crippen LogP contribution in [0.4, 0.5) is 8.78 Å². The van der Waals surface area contributed by atoms with Gasteiger partial charge in [0.1, 0.15) is 23.1 Å². The molecule has 118 valence electrons. The summed E-state index contributed by atoms with van der Waals surface area (Å²) < 4.78 is 38.2. The van der Waals surface area contributed by atoms with Gasteiger partial charge in [-0.15, -0.1) is 0 Å². The van der Waals surface area contributed by atoms with E-state index >= 15 is 0 Å². The van der Waals surface area contributed by atoms with E-state index in [-0.39, 0.29) is 11.6 Å². The van der Waals surface area contributed by atoms with E-state index in [2.05, 4.69) is 0 Å². The highest BCUT2D eigenvalue weighted by molar-refractivity contribution is 14.1. The lowest BCUT2D eigenvalue weighted by molar-refractivity contribution is 0.244. The number of aryl methyl sites for hydroxylation is 2. The van der Waals surface area contributed by atoms with Gasteiger partial charge in [0, 0.05) is 6.42 Å². The Hall–Kier alpha value is -1.37. The fourth-order valence-corrected chi connectivity index (χ4v) is 2.77. The Morgan fingerprint density at radius 2 is 1.55 bits per heavy atom. The quantitative estimate of drug-likeness (QED) is 0.484. The summed E-state index contributed by atoms with van der Waals surface area (Å²) in [7, 11) is 0. The molecular weight excluding hydrogens is 401 g/mol. The van der Waals surface area contributed by atoms with Crippen LogP contribution in [0.2, 0.25) is 0 Å². The van der Waals surface area contributed by atoms with Crippen LogP contribution in [0, 0.1) is 29.1 Å². The van der Waals surface area contributed by atoms with Gasteiger partial charge in [-0.25, -0.2) is 8.78 Å². The molecule has 22 heavy (non-hydrogen) atoms. The molecule has 0 fully saturated rings. The van der Waals surface area contributed by atoms with Crippen molar-refractivity contribution in [2.24, 2.45) is 0 Å². The number of halogens is 3. The molecule has 0 heterocycles. The highest BCUT2D eigenvalue weighted by Crippen LogP contribution is 2.24. The SMILES string of the molecule is Cc1cc(F)cc(C)c1OCCCOc1ccc(F)cc1I. The standard InChI is InChI=1S/C17H17F2IO2/c1-11-8-14(19)9-12(2)17(11)22-7-3-6-21-16-5-4-13(18)10-15(16)20/h4-5,8-10H,3,6-7H2,1-2H3. The van der Waals surface area contributed by atoms with Crippen molar-refractivity contribution in [3.05, 3.63) is 56.7 Å². The van der Waals surface area contributed by atoms with Crippen LogP contribution >= 0.6 is 22.6 Å². The summed E-state index contributed by atoms with van der Waals surface area (Å²) in [5, 5.41) is 0. The zero-order chi connectivity index (χ0) is 16.1. The summed E-state index contributed by atoms with van der Waals surface area (Å²) in [4.78, 5) is 0. The molecule has 0 N–H and O–H groups in total. The van der Waals surface area contributed by atoms with Crippen molar-refractivity contribution in [2.45, 2.75) is 20.3 Å². The van der Waals surface area contributed by atoms with E-state index in [1.165, 1.54) is 24.3 Å². The minimum atomic E-state index is -0.276. The first kappa shape index (κ1) is 17.0. The summed E-state index contributed by atoms with van der Waals surface area (Å²) >= 11 is 2.04. The van der Waals surface area contributed by atoms with E-state index in [1.54, 1.807) is 6.07 Å². The van der Waals surface area contributed by atoms with E-state index in [1.807, 2.05) is 36.4 Å². The number of ether oxygens (including phenoxy) is 2. The Labute approximate surface area is 142 Å². The van der Waals surface area contributed by atoms with Crippen molar-refractivity contribution in [3.8, 4) is 11.5 Å². The maximum atomic E-state index is 13.2. The van der Waals surface area contributed by atoms with Gasteiger partial charge in [-0.2, -0.15) is 0 Å². The van der Waals surface area contributed by atoms with Crippen molar-refractivity contribution in [2.75, 3.05) is 13.2 Å². The molecule has 2 nitrogen and oxygen atoms in total. The number of hydrogen-bond acceptors (Lipinski definition) is 2. The zero-order valence-corrected chi connectivity index (χ0v) is 14.6. The second kappa shape index (κ2) is 7.76. The molecule has 0 spiro atoms. The molecule has 0 unspecified atom stereocenters. The minimum absolute atomic E-state index is 0.253. The summed E-state index contributed by atoms with van der Waals surface area (Å²) in [6.45, 7) is 4.59. The lowest BCUT2D eigenvalue weighted by Gasteiger charge is -2.13. The van der Waals surface area contributed by atoms with Gasteiger partial charge in [-0.3, -0.25) is 0 Å². The second-order valence-electron chi connectivity index (χ2n) is 4.99. The Morgan fingerprint density at radius 1 is 0.909 bits per heavy atom. The van der Waals surface area contributed by atoms with Gasteiger partial charge < -0.3 is 9.47 Å². The first-order valence-corrected chi connectivity index (χ1v) is 8.02. The third kappa shape index (κ3) is 4.56. The third-order valence-electron chi connectivity index (χ3n) is 3.11. The average molecular weight is 418 g/mol. The van der Waals surface area contributed by atoms with E-state index in [0.29, 0.717) is 25.4 Å². The van der Waals surface area contributed by atoms with Gasteiger partial charge in [0.15, 0.2) is 0 Å². The maximum absolute atomic E-state index is 13.2. The first-order chi connectivity index (χ1) is 10.5. The fourth-order valence-electron chi connectivity index (χ4n) is 2.13. The minimum Gasteiger partial charge on any atom is -0.493 e. The molecule has 0 atom stereocenters. The van der Waals surface area contributed by atoms with Crippen LogP contribution in [0.3, 0.4) is 0 Å². The van der Waals surface area contributed by atoms with Crippen LogP contribution in [-0.4, -0.2) is 13.2 Å². The van der Waals surface area contributed by atoms with Gasteiger partial charge in [0.05, 0.1) is 16.8 Å². The van der Waals surface area contributed by atoms with Crippen molar-refractivity contribution >= 4 is 22.6 Å². The lowest BCUT2D eigenvalue weighted by atomic mass is 10.1. The second-order valence-corrected chi connectivity index (χ2v) is 6.16. The van der Waals surface area contributed by atoms with Crippen molar-refractivity contribution < 1.29 is 18.3 Å². The molecule has 0 aromatic heterocycles. The maximum Gasteiger partial charge on any atom is 0.132 e. The van der Waals surface area contributed by atoms with Gasteiger partial charge in [0.25, 0.3) is 0 Å². The molecule has 0 amide bonds. The largest absolute Gasteiger partial charge is 0.493 e. The van der Waals surface area contributed by atoms with E-state index in [4.69, 9.17) is 9.47 Å². The summed E-state index contributed by atoms with van der Waals surface area (Å²) in [5.41, 5.74) is 1.57. The van der Waals surface area contributed by atoms with Crippen molar-refractivity contribution in [3.63, 3.8) is 0 Å². The summed E-state index contributed by atoms with van der Waals surface area (Å²) in [6.07, 6.45) is 0.684. The van der Waals surface area contributed by atoms with E-state index in [9.17, 15) is 8.78 Å². The van der Waals surface area contributed by atoms with Crippen molar-refractivity contribution in [1.82, 2.24) is 0 Å². The monoisotopic (exact) mass is 418 g/mol. The topological polar surface area (TPSA) is 18.5 Å². The Bertz CT molecular complexity index is 636. The molecule has 0 aliphatic heterocycles. The number of rotatable bonds is 6. The molecular formula is C17H17F2IO2. The number of hydrogen-bond donors (Lipinski definition) is 0. The van der Waals surface area contributed by atoms with Gasteiger partial charge in [-0.05, 0) is 77.9 Å². The van der Waals surface area contributed by atoms with Crippen LogP contribution < -0.4 is 9.47 Å². The smallest absolute Gasteiger partial charge is 0.132 e. The van der Waals surface area contributed by atoms with Crippen LogP contribution in [0.5, 0.6) is 11.5 Å². The van der Waals surface area contributed by atoms with Crippen LogP contribution in [0.1, 0.15) is 17.5 Å². The molecule has 0 saturated heterocycles. The summed E-state index contributed by atoms with van der Waals surface area (Å²) in [6, 6.07) is 7.34. The van der Waals surface area contributed by atoms with Gasteiger partial charge in [0.2, 0.25) is 0 Å². The Balaban J connectivity index is 1.80. The van der Waals surface area contributed by atoms with Crippen LogP contribution in [0.15, 0.2) is 30.3 Å². The van der Waals surface area contributed by atoms with Crippen LogP contribution in [-0.2, 0) is 0 Å². The fraction of sp³-hybridized carbons (Fsp3) is 0.294. The van der Waals surface area contributed by atoms with Crippen LogP contribution in [0.25, 0.3) is 0 Å². The Morgan fingerprint density at radius 3 is 2.18 bits per heavy atom. The van der Waals surface area contributed by atoms with E-state index < -0.39 is 0 Å². The lowest BCUT2D eigenvalue weighted by Crippen LogP contribution is -2.07. The van der Waals surface area contributed by atoms with Gasteiger partial charge in [-0.1, -0.05) is 0 Å². The normalized spacial score (nSPS) is 10.6. The molecule has 0 saturated carbocycles. The molecule has 0 radical (unpaired) electrons. The summed E-state index contributed by atoms with van der Waals surface area (Å²) in [5.74, 6) is 0.854. The average Bonchev–Trinajstić information content (AvgIpc) is 2.42. The molecule has 0 aliphatic carbocycles. The van der Waals surface area contributed by atoms with E-state index in [0.717, 1.165) is 20.4 Å².